The van der Waals surface area contributed by atoms with Crippen molar-refractivity contribution in [2.45, 2.75) is 13.8 Å². The number of rotatable bonds is 5. The lowest BCUT2D eigenvalue weighted by Gasteiger charge is -2.16. The van der Waals surface area contributed by atoms with Crippen molar-refractivity contribution in [1.29, 1.82) is 0 Å². The molecule has 0 fully saturated rings. The molecule has 0 spiro atoms. The minimum atomic E-state index is -0.550. The number of ether oxygens (including phenoxy) is 1. The van der Waals surface area contributed by atoms with Gasteiger partial charge in [-0.15, -0.1) is 0 Å². The summed E-state index contributed by atoms with van der Waals surface area (Å²) >= 11 is 0. The highest BCUT2D eigenvalue weighted by atomic mass is 19.1. The largest absolute Gasteiger partial charge is 0.465 e. The number of para-hydroxylation sites is 2. The third kappa shape index (κ3) is 3.94. The van der Waals surface area contributed by atoms with E-state index in [4.69, 9.17) is 4.74 Å². The van der Waals surface area contributed by atoms with Gasteiger partial charge in [-0.2, -0.15) is 5.10 Å². The molecule has 0 amide bonds. The second-order valence-corrected chi connectivity index (χ2v) is 8.17. The fourth-order valence-corrected chi connectivity index (χ4v) is 4.23. The zero-order chi connectivity index (χ0) is 25.4. The Labute approximate surface area is 205 Å². The Hall–Kier alpha value is -4.66. The number of esters is 1. The molecule has 0 unspecified atom stereocenters. The maximum atomic E-state index is 15.1. The van der Waals surface area contributed by atoms with E-state index >= 15 is 8.78 Å². The van der Waals surface area contributed by atoms with Crippen LogP contribution in [0.1, 0.15) is 21.6 Å². The van der Waals surface area contributed by atoms with Gasteiger partial charge in [0.1, 0.15) is 22.8 Å². The lowest BCUT2D eigenvalue weighted by Crippen LogP contribution is -2.10. The van der Waals surface area contributed by atoms with E-state index in [1.165, 1.54) is 36.3 Å². The lowest BCUT2D eigenvalue weighted by atomic mass is 10.0. The van der Waals surface area contributed by atoms with Gasteiger partial charge in [-0.1, -0.05) is 24.3 Å². The molecule has 0 aliphatic heterocycles. The number of hydrogen-bond acceptors (Lipinski definition) is 6. The first-order valence-electron chi connectivity index (χ1n) is 11.1. The SMILES string of the molecule is COC(=O)c1ccccc1Nc1c(-c2cc(F)c3nccnc3c2)c(C)nn1-c1c(C)cccc1F. The Morgan fingerprint density at radius 2 is 1.75 bits per heavy atom. The topological polar surface area (TPSA) is 81.9 Å². The number of aryl methyl sites for hydroxylation is 2. The highest BCUT2D eigenvalue weighted by Crippen LogP contribution is 2.38. The molecule has 1 N–H and O–H groups in total. The third-order valence-corrected chi connectivity index (χ3v) is 5.86. The fourth-order valence-electron chi connectivity index (χ4n) is 4.23. The van der Waals surface area contributed by atoms with Gasteiger partial charge in [-0.25, -0.2) is 23.2 Å². The van der Waals surface area contributed by atoms with E-state index in [0.29, 0.717) is 39.4 Å². The molecule has 180 valence electrons. The van der Waals surface area contributed by atoms with Crippen LogP contribution < -0.4 is 5.32 Å². The molecule has 9 heteroatoms. The van der Waals surface area contributed by atoms with Gasteiger partial charge in [0.2, 0.25) is 0 Å². The molecule has 0 saturated carbocycles. The number of nitrogens with one attached hydrogen (secondary N) is 1. The number of carbonyl (C=O) groups excluding carboxylic acids is 1. The monoisotopic (exact) mass is 485 g/mol. The molecule has 5 rings (SSSR count). The number of benzene rings is 3. The van der Waals surface area contributed by atoms with Gasteiger partial charge in [-0.05, 0) is 55.3 Å². The zero-order valence-corrected chi connectivity index (χ0v) is 19.7. The standard InChI is InChI=1S/C27H21F2N5O2/c1-15-7-6-9-19(28)25(15)34-26(32-21-10-5-4-8-18(21)27(35)36-3)23(16(2)33-34)17-13-20(29)24-22(14-17)30-11-12-31-24/h4-14,32H,1-3H3. The Kier molecular flexibility index (Phi) is 5.89. The predicted molar refractivity (Wildman–Crippen MR) is 133 cm³/mol. The first-order valence-corrected chi connectivity index (χ1v) is 11.1. The van der Waals surface area contributed by atoms with Crippen LogP contribution in [0.3, 0.4) is 0 Å². The van der Waals surface area contributed by atoms with Crippen LogP contribution in [0.2, 0.25) is 0 Å². The second-order valence-electron chi connectivity index (χ2n) is 8.17. The van der Waals surface area contributed by atoms with Crippen LogP contribution in [0.25, 0.3) is 27.8 Å². The van der Waals surface area contributed by atoms with E-state index in [0.717, 1.165) is 0 Å². The van der Waals surface area contributed by atoms with E-state index < -0.39 is 17.6 Å². The molecule has 2 heterocycles. The van der Waals surface area contributed by atoms with Crippen molar-refractivity contribution < 1.29 is 18.3 Å². The maximum absolute atomic E-state index is 15.1. The predicted octanol–water partition coefficient (Wildman–Crippen LogP) is 5.91. The zero-order valence-electron chi connectivity index (χ0n) is 19.7. The molecular formula is C27H21F2N5O2. The van der Waals surface area contributed by atoms with Gasteiger partial charge in [0, 0.05) is 18.0 Å². The van der Waals surface area contributed by atoms with Gasteiger partial charge in [-0.3, -0.25) is 4.98 Å². The number of methoxy groups -OCH3 is 1. The maximum Gasteiger partial charge on any atom is 0.339 e. The molecule has 3 aromatic carbocycles. The van der Waals surface area contributed by atoms with Gasteiger partial charge in [0.05, 0.1) is 29.6 Å². The number of carbonyl (C=O) groups is 1. The van der Waals surface area contributed by atoms with Crippen LogP contribution in [-0.2, 0) is 4.74 Å². The molecule has 2 aromatic heterocycles. The first-order chi connectivity index (χ1) is 17.4. The minimum absolute atomic E-state index is 0.141. The number of anilines is 2. The molecule has 36 heavy (non-hydrogen) atoms. The van der Waals surface area contributed by atoms with Crippen molar-refractivity contribution in [3.63, 3.8) is 0 Å². The summed E-state index contributed by atoms with van der Waals surface area (Å²) in [5, 5.41) is 7.86. The smallest absolute Gasteiger partial charge is 0.339 e. The van der Waals surface area contributed by atoms with Crippen LogP contribution in [-0.4, -0.2) is 32.8 Å². The molecule has 0 radical (unpaired) electrons. The van der Waals surface area contributed by atoms with Crippen molar-refractivity contribution in [1.82, 2.24) is 19.7 Å². The Morgan fingerprint density at radius 1 is 0.972 bits per heavy atom. The van der Waals surface area contributed by atoms with Gasteiger partial charge in [0.15, 0.2) is 5.82 Å². The Balaban J connectivity index is 1.79. The fraction of sp³-hybridized carbons (Fsp3) is 0.111. The summed E-state index contributed by atoms with van der Waals surface area (Å²) in [7, 11) is 1.29. The number of fused-ring (bicyclic) bond motifs is 1. The average Bonchev–Trinajstić information content (AvgIpc) is 3.18. The quantitative estimate of drug-likeness (QED) is 0.312. The summed E-state index contributed by atoms with van der Waals surface area (Å²) < 4.78 is 36.5. The summed E-state index contributed by atoms with van der Waals surface area (Å²) in [5.41, 5.74) is 3.57. The lowest BCUT2D eigenvalue weighted by molar-refractivity contribution is 0.0602. The average molecular weight is 485 g/mol. The van der Waals surface area contributed by atoms with Crippen LogP contribution >= 0.6 is 0 Å². The highest BCUT2D eigenvalue weighted by Gasteiger charge is 2.24. The van der Waals surface area contributed by atoms with Crippen LogP contribution in [0.4, 0.5) is 20.3 Å². The number of halogens is 2. The van der Waals surface area contributed by atoms with E-state index in [-0.39, 0.29) is 16.8 Å². The molecule has 0 aliphatic rings. The normalized spacial score (nSPS) is 11.0. The van der Waals surface area contributed by atoms with Crippen molar-refractivity contribution >= 4 is 28.5 Å². The molecule has 5 aromatic rings. The van der Waals surface area contributed by atoms with Crippen molar-refractivity contribution in [3.05, 3.63) is 95.4 Å². The van der Waals surface area contributed by atoms with E-state index in [9.17, 15) is 4.79 Å². The molecule has 7 nitrogen and oxygen atoms in total. The number of nitrogens with zero attached hydrogens (tertiary/aromatic N) is 4. The molecular weight excluding hydrogens is 464 g/mol. The summed E-state index contributed by atoms with van der Waals surface area (Å²) in [6.07, 6.45) is 2.91. The van der Waals surface area contributed by atoms with Gasteiger partial charge < -0.3 is 10.1 Å². The molecule has 0 atom stereocenters. The summed E-state index contributed by atoms with van der Waals surface area (Å²) in [6.45, 7) is 3.52. The molecule has 0 aliphatic carbocycles. The van der Waals surface area contributed by atoms with Crippen molar-refractivity contribution in [3.8, 4) is 16.8 Å². The van der Waals surface area contributed by atoms with Crippen LogP contribution in [0, 0.1) is 25.5 Å². The Morgan fingerprint density at radius 3 is 2.53 bits per heavy atom. The number of hydrogen-bond donors (Lipinski definition) is 1. The van der Waals surface area contributed by atoms with Crippen molar-refractivity contribution in [2.24, 2.45) is 0 Å². The van der Waals surface area contributed by atoms with Gasteiger partial charge >= 0.3 is 5.97 Å². The second kappa shape index (κ2) is 9.18. The van der Waals surface area contributed by atoms with Crippen LogP contribution in [0.5, 0.6) is 0 Å². The molecule has 0 saturated heterocycles. The highest BCUT2D eigenvalue weighted by molar-refractivity contribution is 5.97. The number of aromatic nitrogens is 4. The first kappa shape index (κ1) is 23.1. The summed E-state index contributed by atoms with van der Waals surface area (Å²) in [4.78, 5) is 20.7. The van der Waals surface area contributed by atoms with E-state index in [1.54, 1.807) is 56.3 Å². The van der Waals surface area contributed by atoms with E-state index in [2.05, 4.69) is 20.4 Å². The van der Waals surface area contributed by atoms with Crippen molar-refractivity contribution in [2.75, 3.05) is 12.4 Å². The van der Waals surface area contributed by atoms with E-state index in [1.807, 2.05) is 0 Å². The van der Waals surface area contributed by atoms with Crippen LogP contribution in [0.15, 0.2) is 67.0 Å². The third-order valence-electron chi connectivity index (χ3n) is 5.86. The van der Waals surface area contributed by atoms with Gasteiger partial charge in [0.25, 0.3) is 0 Å². The summed E-state index contributed by atoms with van der Waals surface area (Å²) in [6, 6.07) is 14.5. The Bertz CT molecular complexity index is 1610. The summed E-state index contributed by atoms with van der Waals surface area (Å²) in [5.74, 6) is -1.23. The minimum Gasteiger partial charge on any atom is -0.465 e. The molecule has 0 bridgehead atoms.